The minimum absolute atomic E-state index is 0.00695. The maximum atomic E-state index is 13.5. The third kappa shape index (κ3) is 4.28. The van der Waals surface area contributed by atoms with Gasteiger partial charge in [0.15, 0.2) is 5.82 Å². The summed E-state index contributed by atoms with van der Waals surface area (Å²) in [7, 11) is 0. The summed E-state index contributed by atoms with van der Waals surface area (Å²) in [5.41, 5.74) is 1.17. The van der Waals surface area contributed by atoms with Crippen molar-refractivity contribution in [3.8, 4) is 5.69 Å². The molecule has 2 aromatic carbocycles. The summed E-state index contributed by atoms with van der Waals surface area (Å²) < 4.78 is 1.51. The summed E-state index contributed by atoms with van der Waals surface area (Å²) >= 11 is 12.3. The van der Waals surface area contributed by atoms with Crippen LogP contribution in [-0.4, -0.2) is 25.4 Å². The highest BCUT2D eigenvalue weighted by Gasteiger charge is 2.21. The highest BCUT2D eigenvalue weighted by Crippen LogP contribution is 2.27. The Kier molecular flexibility index (Phi) is 6.07. The second-order valence-corrected chi connectivity index (χ2v) is 7.77. The first-order valence-electron chi connectivity index (χ1n) is 9.68. The van der Waals surface area contributed by atoms with E-state index >= 15 is 0 Å². The molecule has 0 spiro atoms. The number of fused-ring (bicyclic) bond motifs is 1. The van der Waals surface area contributed by atoms with Crippen molar-refractivity contribution in [3.63, 3.8) is 0 Å². The molecule has 0 aliphatic rings. The van der Waals surface area contributed by atoms with Crippen molar-refractivity contribution >= 4 is 51.5 Å². The molecule has 0 saturated carbocycles. The van der Waals surface area contributed by atoms with Gasteiger partial charge >= 0.3 is 0 Å². The first-order valence-corrected chi connectivity index (χ1v) is 10.4. The van der Waals surface area contributed by atoms with Gasteiger partial charge in [0, 0.05) is 6.92 Å². The van der Waals surface area contributed by atoms with Crippen molar-refractivity contribution in [3.05, 3.63) is 81.2 Å². The molecule has 0 bridgehead atoms. The van der Waals surface area contributed by atoms with Crippen LogP contribution in [0.5, 0.6) is 0 Å². The molecule has 2 heterocycles. The minimum Gasteiger partial charge on any atom is -0.359 e. The van der Waals surface area contributed by atoms with Crippen LogP contribution in [-0.2, 0) is 4.79 Å². The van der Waals surface area contributed by atoms with Crippen LogP contribution in [0.25, 0.3) is 16.6 Å². The molecule has 0 saturated heterocycles. The second kappa shape index (κ2) is 8.94. The normalized spacial score (nSPS) is 11.9. The van der Waals surface area contributed by atoms with Crippen LogP contribution >= 0.6 is 23.2 Å². The first kappa shape index (κ1) is 21.7. The molecule has 0 aliphatic carbocycles. The molecule has 1 amide bonds. The van der Waals surface area contributed by atoms with E-state index in [1.165, 1.54) is 17.7 Å². The average molecular weight is 469 g/mol. The number of hydrogen-bond acceptors (Lipinski definition) is 6. The molecular weight excluding hydrogens is 451 g/mol. The van der Waals surface area contributed by atoms with Gasteiger partial charge < -0.3 is 10.6 Å². The summed E-state index contributed by atoms with van der Waals surface area (Å²) in [5, 5.41) is 6.51. The van der Waals surface area contributed by atoms with Crippen LogP contribution in [0.2, 0.25) is 10.3 Å². The van der Waals surface area contributed by atoms with E-state index in [9.17, 15) is 9.59 Å². The lowest BCUT2D eigenvalue weighted by atomic mass is 10.2. The van der Waals surface area contributed by atoms with Gasteiger partial charge in [-0.05, 0) is 42.8 Å². The van der Waals surface area contributed by atoms with Crippen LogP contribution in [0, 0.1) is 0 Å². The predicted molar refractivity (Wildman–Crippen MR) is 126 cm³/mol. The van der Waals surface area contributed by atoms with Gasteiger partial charge in [0.25, 0.3) is 5.56 Å². The maximum absolute atomic E-state index is 13.5. The van der Waals surface area contributed by atoms with Crippen molar-refractivity contribution in [2.24, 2.45) is 0 Å². The van der Waals surface area contributed by atoms with E-state index in [1.807, 2.05) is 37.3 Å². The lowest BCUT2D eigenvalue weighted by molar-refractivity contribution is -0.114. The van der Waals surface area contributed by atoms with E-state index in [0.29, 0.717) is 38.9 Å². The monoisotopic (exact) mass is 468 g/mol. The molecule has 2 N–H and O–H groups in total. The van der Waals surface area contributed by atoms with Crippen molar-refractivity contribution in [2.75, 3.05) is 10.6 Å². The molecule has 0 aliphatic heterocycles. The Labute approximate surface area is 193 Å². The third-order valence-corrected chi connectivity index (χ3v) is 5.19. The lowest BCUT2D eigenvalue weighted by Gasteiger charge is -2.21. The zero-order valence-corrected chi connectivity index (χ0v) is 18.6. The Hall–Kier alpha value is -3.49. The average Bonchev–Trinajstić information content (AvgIpc) is 2.75. The smallest absolute Gasteiger partial charge is 0.267 e. The van der Waals surface area contributed by atoms with Crippen molar-refractivity contribution < 1.29 is 4.79 Å². The molecule has 2 aromatic heterocycles. The van der Waals surface area contributed by atoms with Crippen LogP contribution < -0.4 is 16.2 Å². The lowest BCUT2D eigenvalue weighted by Crippen LogP contribution is -2.27. The van der Waals surface area contributed by atoms with E-state index < -0.39 is 6.04 Å². The number of halogens is 2. The topological polar surface area (TPSA) is 102 Å². The molecule has 10 heteroatoms. The summed E-state index contributed by atoms with van der Waals surface area (Å²) in [6, 6.07) is 13.8. The molecular formula is C22H18Cl2N6O2. The van der Waals surface area contributed by atoms with Gasteiger partial charge in [0.05, 0.1) is 33.9 Å². The quantitative estimate of drug-likeness (QED) is 0.414. The molecule has 0 radical (unpaired) electrons. The van der Waals surface area contributed by atoms with Gasteiger partial charge in [-0.2, -0.15) is 4.98 Å². The van der Waals surface area contributed by atoms with Gasteiger partial charge in [-0.3, -0.25) is 14.2 Å². The highest BCUT2D eigenvalue weighted by molar-refractivity contribution is 6.35. The van der Waals surface area contributed by atoms with E-state index in [-0.39, 0.29) is 16.8 Å². The van der Waals surface area contributed by atoms with Gasteiger partial charge in [-0.25, -0.2) is 9.97 Å². The Balaban J connectivity index is 1.89. The Morgan fingerprint density at radius 1 is 1.06 bits per heavy atom. The molecule has 0 unspecified atom stereocenters. The highest BCUT2D eigenvalue weighted by atomic mass is 35.5. The second-order valence-electron chi connectivity index (χ2n) is 7.03. The van der Waals surface area contributed by atoms with Crippen LogP contribution in [0.3, 0.4) is 0 Å². The van der Waals surface area contributed by atoms with Gasteiger partial charge in [-0.15, -0.1) is 0 Å². The molecule has 162 valence electrons. The molecule has 4 rings (SSSR count). The summed E-state index contributed by atoms with van der Waals surface area (Å²) in [6.45, 7) is 3.20. The fourth-order valence-corrected chi connectivity index (χ4v) is 3.73. The fourth-order valence-electron chi connectivity index (χ4n) is 3.35. The summed E-state index contributed by atoms with van der Waals surface area (Å²) in [4.78, 5) is 37.9. The van der Waals surface area contributed by atoms with Gasteiger partial charge in [0.1, 0.15) is 11.5 Å². The molecule has 1 atom stereocenters. The fraction of sp³-hybridized carbons (Fsp3) is 0.136. The molecule has 4 aromatic rings. The number of hydrogen-bond donors (Lipinski definition) is 2. The van der Waals surface area contributed by atoms with Crippen molar-refractivity contribution in [1.29, 1.82) is 0 Å². The van der Waals surface area contributed by atoms with E-state index in [0.717, 1.165) is 0 Å². The number of aromatic nitrogens is 4. The van der Waals surface area contributed by atoms with Gasteiger partial charge in [-0.1, -0.05) is 35.9 Å². The SMILES string of the molecule is CC(=O)Nc1cnc(Cl)nc1N[C@@H](C)c1nc2cccc(Cl)c2c(=O)n1-c1ccccc1. The first-order chi connectivity index (χ1) is 15.3. The number of nitrogens with zero attached hydrogens (tertiary/aromatic N) is 4. The summed E-state index contributed by atoms with van der Waals surface area (Å²) in [6.07, 6.45) is 1.41. The zero-order valence-electron chi connectivity index (χ0n) is 17.1. The van der Waals surface area contributed by atoms with E-state index in [4.69, 9.17) is 28.2 Å². The Morgan fingerprint density at radius 2 is 1.81 bits per heavy atom. The van der Waals surface area contributed by atoms with Crippen LogP contribution in [0.1, 0.15) is 25.7 Å². The van der Waals surface area contributed by atoms with Crippen LogP contribution in [0.4, 0.5) is 11.5 Å². The van der Waals surface area contributed by atoms with Crippen LogP contribution in [0.15, 0.2) is 59.5 Å². The van der Waals surface area contributed by atoms with Crippen molar-refractivity contribution in [1.82, 2.24) is 19.5 Å². The summed E-state index contributed by atoms with van der Waals surface area (Å²) in [5.74, 6) is 0.443. The largest absolute Gasteiger partial charge is 0.359 e. The molecule has 0 fully saturated rings. The van der Waals surface area contributed by atoms with E-state index in [1.54, 1.807) is 18.2 Å². The Morgan fingerprint density at radius 3 is 2.53 bits per heavy atom. The minimum atomic E-state index is -0.509. The predicted octanol–water partition coefficient (Wildman–Crippen LogP) is 4.61. The van der Waals surface area contributed by atoms with E-state index in [2.05, 4.69) is 20.6 Å². The Bertz CT molecular complexity index is 1370. The third-order valence-electron chi connectivity index (χ3n) is 4.70. The number of carbonyl (C=O) groups excluding carboxylic acids is 1. The van der Waals surface area contributed by atoms with Crippen molar-refractivity contribution in [2.45, 2.75) is 19.9 Å². The maximum Gasteiger partial charge on any atom is 0.267 e. The number of rotatable bonds is 5. The molecule has 8 nitrogen and oxygen atoms in total. The number of nitrogens with one attached hydrogen (secondary N) is 2. The zero-order chi connectivity index (χ0) is 22.8. The number of benzene rings is 2. The standard InChI is InChI=1S/C22H18Cl2N6O2/c1-12(26-19-17(27-13(2)31)11-25-22(24)29-19)20-28-16-10-6-9-15(23)18(16)21(32)30(20)14-7-4-3-5-8-14/h3-12H,1-2H3,(H,27,31)(H,25,26,29)/t12-/m0/s1. The molecule has 32 heavy (non-hydrogen) atoms. The number of anilines is 2. The number of para-hydroxylation sites is 1. The number of amides is 1. The number of carbonyl (C=O) groups is 1. The van der Waals surface area contributed by atoms with Gasteiger partial charge in [0.2, 0.25) is 11.2 Å².